The van der Waals surface area contributed by atoms with Gasteiger partial charge in [0.15, 0.2) is 0 Å². The molecule has 0 fully saturated rings. The van der Waals surface area contributed by atoms with Gasteiger partial charge in [-0.25, -0.2) is 4.98 Å². The summed E-state index contributed by atoms with van der Waals surface area (Å²) in [6.07, 6.45) is -1.97. The molecule has 1 heterocycles. The van der Waals surface area contributed by atoms with Crippen molar-refractivity contribution in [1.82, 2.24) is 4.98 Å². The third kappa shape index (κ3) is 3.35. The van der Waals surface area contributed by atoms with Gasteiger partial charge in [-0.15, -0.1) is 0 Å². The lowest BCUT2D eigenvalue weighted by molar-refractivity contribution is -0.137. The standard InChI is InChI=1S/C12H18F3N3/c1-3-11(4-2,8-16)18-10-6-5-9(7-17-10)12(13,14)15/h5-7H,3-4,8,16H2,1-2H3,(H,17,18). The number of aromatic nitrogens is 1. The molecule has 18 heavy (non-hydrogen) atoms. The zero-order chi connectivity index (χ0) is 13.8. The van der Waals surface area contributed by atoms with E-state index < -0.39 is 11.7 Å². The molecular weight excluding hydrogens is 243 g/mol. The van der Waals surface area contributed by atoms with Crippen LogP contribution in [0.15, 0.2) is 18.3 Å². The average Bonchev–Trinajstić information content (AvgIpc) is 2.36. The van der Waals surface area contributed by atoms with Gasteiger partial charge in [0.2, 0.25) is 0 Å². The summed E-state index contributed by atoms with van der Waals surface area (Å²) in [6, 6.07) is 2.35. The lowest BCUT2D eigenvalue weighted by Crippen LogP contribution is -2.44. The van der Waals surface area contributed by atoms with E-state index in [2.05, 4.69) is 10.3 Å². The molecule has 0 saturated heterocycles. The fraction of sp³-hybridized carbons (Fsp3) is 0.583. The molecule has 0 bridgehead atoms. The highest BCUT2D eigenvalue weighted by Gasteiger charge is 2.31. The molecule has 0 unspecified atom stereocenters. The number of halogens is 3. The van der Waals surface area contributed by atoms with E-state index in [9.17, 15) is 13.2 Å². The molecular formula is C12H18F3N3. The minimum atomic E-state index is -4.36. The molecule has 0 saturated carbocycles. The quantitative estimate of drug-likeness (QED) is 0.856. The van der Waals surface area contributed by atoms with E-state index in [4.69, 9.17) is 5.73 Å². The molecule has 0 aromatic carbocycles. The first-order chi connectivity index (χ1) is 8.37. The van der Waals surface area contributed by atoms with Gasteiger partial charge in [-0.05, 0) is 25.0 Å². The summed E-state index contributed by atoms with van der Waals surface area (Å²) in [6.45, 7) is 4.36. The van der Waals surface area contributed by atoms with Crippen molar-refractivity contribution in [2.24, 2.45) is 5.73 Å². The second-order valence-electron chi connectivity index (χ2n) is 4.25. The van der Waals surface area contributed by atoms with Crippen LogP contribution in [0.3, 0.4) is 0 Å². The summed E-state index contributed by atoms with van der Waals surface area (Å²) in [5.41, 5.74) is 4.64. The van der Waals surface area contributed by atoms with Gasteiger partial charge in [0.1, 0.15) is 5.82 Å². The zero-order valence-electron chi connectivity index (χ0n) is 10.5. The Balaban J connectivity index is 2.86. The Hall–Kier alpha value is -1.30. The topological polar surface area (TPSA) is 50.9 Å². The molecule has 1 aromatic heterocycles. The summed E-state index contributed by atoms with van der Waals surface area (Å²) in [5, 5.41) is 3.12. The first-order valence-corrected chi connectivity index (χ1v) is 5.88. The molecule has 0 spiro atoms. The number of nitrogens with one attached hydrogen (secondary N) is 1. The van der Waals surface area contributed by atoms with E-state index in [0.717, 1.165) is 25.1 Å². The maximum Gasteiger partial charge on any atom is 0.417 e. The Bertz CT molecular complexity index is 361. The Morgan fingerprint density at radius 1 is 1.22 bits per heavy atom. The molecule has 6 heteroatoms. The van der Waals surface area contributed by atoms with Crippen LogP contribution in [-0.2, 0) is 6.18 Å². The Labute approximate surface area is 105 Å². The predicted octanol–water partition coefficient (Wildman–Crippen LogP) is 3.03. The van der Waals surface area contributed by atoms with Crippen LogP contribution in [0.25, 0.3) is 0 Å². The van der Waals surface area contributed by atoms with E-state index in [1.165, 1.54) is 6.07 Å². The Morgan fingerprint density at radius 3 is 2.17 bits per heavy atom. The Kier molecular flexibility index (Phi) is 4.56. The lowest BCUT2D eigenvalue weighted by atomic mass is 9.93. The monoisotopic (exact) mass is 261 g/mol. The number of alkyl halides is 3. The third-order valence-corrected chi connectivity index (χ3v) is 3.23. The molecule has 102 valence electrons. The molecule has 0 radical (unpaired) electrons. The van der Waals surface area contributed by atoms with E-state index in [-0.39, 0.29) is 5.54 Å². The normalized spacial score (nSPS) is 12.6. The number of anilines is 1. The molecule has 3 N–H and O–H groups in total. The fourth-order valence-electron chi connectivity index (χ4n) is 1.67. The van der Waals surface area contributed by atoms with Gasteiger partial charge in [-0.3, -0.25) is 0 Å². The van der Waals surface area contributed by atoms with Crippen LogP contribution < -0.4 is 11.1 Å². The maximum absolute atomic E-state index is 12.4. The van der Waals surface area contributed by atoms with Gasteiger partial charge < -0.3 is 11.1 Å². The largest absolute Gasteiger partial charge is 0.417 e. The van der Waals surface area contributed by atoms with Gasteiger partial charge in [0, 0.05) is 12.7 Å². The van der Waals surface area contributed by atoms with Crippen molar-refractivity contribution >= 4 is 5.82 Å². The molecule has 1 rings (SSSR count). The second-order valence-corrected chi connectivity index (χ2v) is 4.25. The van der Waals surface area contributed by atoms with Crippen molar-refractivity contribution in [3.05, 3.63) is 23.9 Å². The smallest absolute Gasteiger partial charge is 0.363 e. The van der Waals surface area contributed by atoms with Crippen molar-refractivity contribution in [3.8, 4) is 0 Å². The average molecular weight is 261 g/mol. The van der Waals surface area contributed by atoms with Gasteiger partial charge in [0.25, 0.3) is 0 Å². The minimum absolute atomic E-state index is 0.313. The van der Waals surface area contributed by atoms with Crippen LogP contribution >= 0.6 is 0 Å². The van der Waals surface area contributed by atoms with Crippen molar-refractivity contribution < 1.29 is 13.2 Å². The fourth-order valence-corrected chi connectivity index (χ4v) is 1.67. The summed E-state index contributed by atoms with van der Waals surface area (Å²) in [4.78, 5) is 3.79. The molecule has 1 aromatic rings. The first-order valence-electron chi connectivity index (χ1n) is 5.88. The Morgan fingerprint density at radius 2 is 1.83 bits per heavy atom. The summed E-state index contributed by atoms with van der Waals surface area (Å²) >= 11 is 0. The first kappa shape index (κ1) is 14.8. The van der Waals surface area contributed by atoms with Crippen molar-refractivity contribution in [3.63, 3.8) is 0 Å². The van der Waals surface area contributed by atoms with Gasteiger partial charge in [0.05, 0.1) is 11.1 Å². The van der Waals surface area contributed by atoms with Crippen LogP contribution in [0.1, 0.15) is 32.3 Å². The van der Waals surface area contributed by atoms with Crippen LogP contribution in [0.4, 0.5) is 19.0 Å². The maximum atomic E-state index is 12.4. The van der Waals surface area contributed by atoms with Crippen LogP contribution in [-0.4, -0.2) is 17.1 Å². The lowest BCUT2D eigenvalue weighted by Gasteiger charge is -2.32. The highest BCUT2D eigenvalue weighted by Crippen LogP contribution is 2.29. The molecule has 0 aliphatic carbocycles. The summed E-state index contributed by atoms with van der Waals surface area (Å²) < 4.78 is 37.1. The van der Waals surface area contributed by atoms with Crippen LogP contribution in [0.5, 0.6) is 0 Å². The van der Waals surface area contributed by atoms with Crippen molar-refractivity contribution in [2.45, 2.75) is 38.4 Å². The SMILES string of the molecule is CCC(CC)(CN)Nc1ccc(C(F)(F)F)cn1. The predicted molar refractivity (Wildman–Crippen MR) is 65.2 cm³/mol. The van der Waals surface area contributed by atoms with E-state index in [0.29, 0.717) is 12.4 Å². The molecule has 0 aliphatic rings. The van der Waals surface area contributed by atoms with Gasteiger partial charge in [-0.1, -0.05) is 13.8 Å². The van der Waals surface area contributed by atoms with Gasteiger partial charge in [-0.2, -0.15) is 13.2 Å². The number of nitrogens with zero attached hydrogens (tertiary/aromatic N) is 1. The number of hydrogen-bond donors (Lipinski definition) is 2. The molecule has 0 aliphatic heterocycles. The molecule has 0 amide bonds. The summed E-state index contributed by atoms with van der Waals surface area (Å²) in [7, 11) is 0. The third-order valence-electron chi connectivity index (χ3n) is 3.23. The zero-order valence-corrected chi connectivity index (χ0v) is 10.5. The van der Waals surface area contributed by atoms with E-state index in [1.807, 2.05) is 13.8 Å². The number of rotatable bonds is 5. The minimum Gasteiger partial charge on any atom is -0.363 e. The van der Waals surface area contributed by atoms with Crippen LogP contribution in [0, 0.1) is 0 Å². The van der Waals surface area contributed by atoms with E-state index >= 15 is 0 Å². The summed E-state index contributed by atoms with van der Waals surface area (Å²) in [5.74, 6) is 0.414. The highest BCUT2D eigenvalue weighted by atomic mass is 19.4. The van der Waals surface area contributed by atoms with Crippen LogP contribution in [0.2, 0.25) is 0 Å². The molecule has 0 atom stereocenters. The van der Waals surface area contributed by atoms with Crippen molar-refractivity contribution in [2.75, 3.05) is 11.9 Å². The van der Waals surface area contributed by atoms with Gasteiger partial charge >= 0.3 is 6.18 Å². The number of pyridine rings is 1. The number of nitrogens with two attached hydrogens (primary N) is 1. The molecule has 3 nitrogen and oxygen atoms in total. The van der Waals surface area contributed by atoms with Crippen molar-refractivity contribution in [1.29, 1.82) is 0 Å². The second kappa shape index (κ2) is 5.56. The highest BCUT2D eigenvalue weighted by molar-refractivity contribution is 5.39. The van der Waals surface area contributed by atoms with E-state index in [1.54, 1.807) is 0 Å². The number of hydrogen-bond acceptors (Lipinski definition) is 3.